The highest BCUT2D eigenvalue weighted by atomic mass is 35.5. The summed E-state index contributed by atoms with van der Waals surface area (Å²) in [5, 5.41) is 1.94. The van der Waals surface area contributed by atoms with Crippen LogP contribution in [-0.4, -0.2) is 10.4 Å². The molecule has 1 N–H and O–H groups in total. The van der Waals surface area contributed by atoms with E-state index in [-0.39, 0.29) is 0 Å². The van der Waals surface area contributed by atoms with Crippen molar-refractivity contribution in [1.82, 2.24) is 10.3 Å². The zero-order chi connectivity index (χ0) is 10.8. The number of nitrogens with one attached hydrogen (secondary N) is 1. The molecule has 0 unspecified atom stereocenters. The van der Waals surface area contributed by atoms with Crippen LogP contribution >= 0.6 is 11.6 Å². The Kier molecular flexibility index (Phi) is 2.60. The molecule has 0 bridgehead atoms. The molecular weight excluding hydrogens is 216 g/mol. The Morgan fingerprint density at radius 2 is 2.40 bits per heavy atom. The van der Waals surface area contributed by atoms with Crippen LogP contribution in [0.5, 0.6) is 0 Å². The van der Waals surface area contributed by atoms with Crippen molar-refractivity contribution in [2.45, 2.75) is 13.5 Å². The summed E-state index contributed by atoms with van der Waals surface area (Å²) in [6, 6.07) is 5.55. The number of fused-ring (bicyclic) bond motifs is 1. The van der Waals surface area contributed by atoms with Crippen LogP contribution in [-0.2, 0) is 6.54 Å². The number of aryl methyl sites for hydroxylation is 1. The summed E-state index contributed by atoms with van der Waals surface area (Å²) in [6.07, 6.45) is 0. The minimum absolute atomic E-state index is 0.393. The van der Waals surface area contributed by atoms with E-state index < -0.39 is 5.37 Å². The lowest BCUT2D eigenvalue weighted by molar-refractivity contribution is 0.259. The van der Waals surface area contributed by atoms with Gasteiger partial charge in [-0.2, -0.15) is 0 Å². The van der Waals surface area contributed by atoms with Crippen LogP contribution in [0.1, 0.15) is 11.5 Å². The molecule has 2 rings (SSSR count). The number of rotatable bonds is 2. The van der Waals surface area contributed by atoms with Crippen molar-refractivity contribution in [3.63, 3.8) is 0 Å². The first-order valence-electron chi connectivity index (χ1n) is 4.44. The lowest BCUT2D eigenvalue weighted by atomic mass is 10.2. The minimum atomic E-state index is -0.563. The first-order valence-corrected chi connectivity index (χ1v) is 4.82. The second-order valence-electron chi connectivity index (χ2n) is 3.16. The summed E-state index contributed by atoms with van der Waals surface area (Å²) < 4.78 is 5.32. The predicted molar refractivity (Wildman–Crippen MR) is 56.8 cm³/mol. The molecule has 0 saturated heterocycles. The molecule has 1 aromatic heterocycles. The summed E-state index contributed by atoms with van der Waals surface area (Å²) in [5.41, 5.74) is 2.46. The third kappa shape index (κ3) is 2.27. The Hall–Kier alpha value is -1.55. The first-order chi connectivity index (χ1) is 7.15. The normalized spacial score (nSPS) is 10.5. The van der Waals surface area contributed by atoms with E-state index in [0.717, 1.165) is 16.7 Å². The summed E-state index contributed by atoms with van der Waals surface area (Å²) in [6.45, 7) is 2.18. The van der Waals surface area contributed by atoms with Crippen molar-refractivity contribution < 1.29 is 9.21 Å². The molecule has 0 radical (unpaired) electrons. The largest absolute Gasteiger partial charge is 0.441 e. The van der Waals surface area contributed by atoms with Gasteiger partial charge in [-0.1, -0.05) is 6.07 Å². The molecule has 0 aliphatic rings. The third-order valence-electron chi connectivity index (χ3n) is 1.99. The molecule has 78 valence electrons. The fourth-order valence-corrected chi connectivity index (χ4v) is 1.44. The maximum absolute atomic E-state index is 10.5. The molecular formula is C10H9ClN2O2. The molecule has 1 aromatic carbocycles. The number of hydrogen-bond acceptors (Lipinski definition) is 3. The number of benzene rings is 1. The molecule has 1 heterocycles. The molecule has 0 aliphatic heterocycles. The zero-order valence-corrected chi connectivity index (χ0v) is 8.84. The van der Waals surface area contributed by atoms with Crippen LogP contribution < -0.4 is 5.32 Å². The summed E-state index contributed by atoms with van der Waals surface area (Å²) in [4.78, 5) is 14.7. The second-order valence-corrected chi connectivity index (χ2v) is 3.51. The van der Waals surface area contributed by atoms with Crippen LogP contribution in [0.4, 0.5) is 4.79 Å². The van der Waals surface area contributed by atoms with Gasteiger partial charge in [0.1, 0.15) is 5.52 Å². The van der Waals surface area contributed by atoms with Gasteiger partial charge in [0.05, 0.1) is 0 Å². The van der Waals surface area contributed by atoms with Gasteiger partial charge < -0.3 is 9.73 Å². The Bertz CT molecular complexity index is 507. The maximum Gasteiger partial charge on any atom is 0.314 e. The van der Waals surface area contributed by atoms with Crippen molar-refractivity contribution in [2.75, 3.05) is 0 Å². The number of carbonyl (C=O) groups is 1. The lowest BCUT2D eigenvalue weighted by Gasteiger charge is -1.99. The van der Waals surface area contributed by atoms with E-state index in [4.69, 9.17) is 16.0 Å². The van der Waals surface area contributed by atoms with Crippen molar-refractivity contribution >= 4 is 28.1 Å². The van der Waals surface area contributed by atoms with Gasteiger partial charge in [-0.25, -0.2) is 4.98 Å². The van der Waals surface area contributed by atoms with E-state index >= 15 is 0 Å². The van der Waals surface area contributed by atoms with E-state index in [1.165, 1.54) is 0 Å². The molecule has 4 nitrogen and oxygen atoms in total. The summed E-state index contributed by atoms with van der Waals surface area (Å²) in [5.74, 6) is 0.628. The fourth-order valence-electron chi connectivity index (χ4n) is 1.37. The van der Waals surface area contributed by atoms with E-state index in [1.54, 1.807) is 6.92 Å². The molecule has 0 spiro atoms. The van der Waals surface area contributed by atoms with Crippen LogP contribution in [0.3, 0.4) is 0 Å². The smallest absolute Gasteiger partial charge is 0.314 e. The van der Waals surface area contributed by atoms with E-state index in [1.807, 2.05) is 18.2 Å². The first kappa shape index (κ1) is 9.98. The quantitative estimate of drug-likeness (QED) is 0.630. The van der Waals surface area contributed by atoms with Crippen molar-refractivity contribution in [1.29, 1.82) is 0 Å². The monoisotopic (exact) mass is 224 g/mol. The fraction of sp³-hybridized carbons (Fsp3) is 0.200. The Labute approximate surface area is 91.2 Å². The highest BCUT2D eigenvalue weighted by molar-refractivity contribution is 6.62. The van der Waals surface area contributed by atoms with Gasteiger partial charge in [0.2, 0.25) is 0 Å². The van der Waals surface area contributed by atoms with E-state index in [2.05, 4.69) is 10.3 Å². The molecule has 0 atom stereocenters. The third-order valence-corrected chi connectivity index (χ3v) is 2.12. The second kappa shape index (κ2) is 3.90. The van der Waals surface area contributed by atoms with Crippen LogP contribution in [0.2, 0.25) is 0 Å². The van der Waals surface area contributed by atoms with Gasteiger partial charge in [0.15, 0.2) is 11.5 Å². The average Bonchev–Trinajstić information content (AvgIpc) is 2.53. The van der Waals surface area contributed by atoms with Crippen molar-refractivity contribution in [2.24, 2.45) is 0 Å². The van der Waals surface area contributed by atoms with E-state index in [9.17, 15) is 4.79 Å². The Morgan fingerprint density at radius 1 is 1.60 bits per heavy atom. The lowest BCUT2D eigenvalue weighted by Crippen LogP contribution is -2.15. The minimum Gasteiger partial charge on any atom is -0.441 e. The number of aromatic nitrogens is 1. The Balaban J connectivity index is 2.26. The molecule has 1 amide bonds. The number of amides is 1. The van der Waals surface area contributed by atoms with Crippen molar-refractivity contribution in [3.8, 4) is 0 Å². The molecule has 2 aromatic rings. The van der Waals surface area contributed by atoms with Gasteiger partial charge in [-0.3, -0.25) is 4.79 Å². The predicted octanol–water partition coefficient (Wildman–Crippen LogP) is 2.58. The zero-order valence-electron chi connectivity index (χ0n) is 8.08. The number of nitrogens with zero attached hydrogens (tertiary/aromatic N) is 1. The number of halogens is 1. The topological polar surface area (TPSA) is 55.1 Å². The van der Waals surface area contributed by atoms with Crippen molar-refractivity contribution in [3.05, 3.63) is 29.7 Å². The van der Waals surface area contributed by atoms with Crippen LogP contribution in [0.25, 0.3) is 11.1 Å². The molecule has 15 heavy (non-hydrogen) atoms. The van der Waals surface area contributed by atoms with Gasteiger partial charge in [-0.05, 0) is 29.3 Å². The molecule has 0 aliphatic carbocycles. The summed E-state index contributed by atoms with van der Waals surface area (Å²) >= 11 is 5.17. The average molecular weight is 225 g/mol. The van der Waals surface area contributed by atoms with E-state index in [0.29, 0.717) is 12.4 Å². The highest BCUT2D eigenvalue weighted by Gasteiger charge is 2.03. The number of oxazole rings is 1. The van der Waals surface area contributed by atoms with Gasteiger partial charge in [-0.15, -0.1) is 0 Å². The van der Waals surface area contributed by atoms with Crippen LogP contribution in [0, 0.1) is 6.92 Å². The Morgan fingerprint density at radius 3 is 3.13 bits per heavy atom. The number of hydrogen-bond donors (Lipinski definition) is 1. The van der Waals surface area contributed by atoms with Gasteiger partial charge >= 0.3 is 5.37 Å². The SMILES string of the molecule is Cc1nc2cc(CNC(=O)Cl)ccc2o1. The number of carbonyl (C=O) groups excluding carboxylic acids is 1. The van der Waals surface area contributed by atoms with Gasteiger partial charge in [0, 0.05) is 13.5 Å². The maximum atomic E-state index is 10.5. The molecule has 0 saturated carbocycles. The molecule has 0 fully saturated rings. The highest BCUT2D eigenvalue weighted by Crippen LogP contribution is 2.16. The van der Waals surface area contributed by atoms with Crippen LogP contribution in [0.15, 0.2) is 22.6 Å². The molecule has 5 heteroatoms. The summed E-state index contributed by atoms with van der Waals surface area (Å²) in [7, 11) is 0. The standard InChI is InChI=1S/C10H9ClN2O2/c1-6-13-8-4-7(5-12-10(11)14)2-3-9(8)15-6/h2-4H,5H2,1H3,(H,12,14). The van der Waals surface area contributed by atoms with Gasteiger partial charge in [0.25, 0.3) is 0 Å².